The van der Waals surface area contributed by atoms with Gasteiger partial charge in [-0.15, -0.1) is 0 Å². The molecule has 0 bridgehead atoms. The van der Waals surface area contributed by atoms with Gasteiger partial charge in [0.05, 0.1) is 6.10 Å². The molecule has 0 unspecified atom stereocenters. The fraction of sp³-hybridized carbons (Fsp3) is 0.357. The summed E-state index contributed by atoms with van der Waals surface area (Å²) in [7, 11) is 0. The molecule has 0 spiro atoms. The first-order valence-electron chi connectivity index (χ1n) is 6.11. The van der Waals surface area contributed by atoms with Gasteiger partial charge in [-0.05, 0) is 29.5 Å². The van der Waals surface area contributed by atoms with Gasteiger partial charge in [0.15, 0.2) is 0 Å². The van der Waals surface area contributed by atoms with Crippen LogP contribution in [0.2, 0.25) is 0 Å². The van der Waals surface area contributed by atoms with E-state index < -0.39 is 6.10 Å². The van der Waals surface area contributed by atoms with Crippen LogP contribution in [-0.4, -0.2) is 28.6 Å². The molecule has 3 N–H and O–H groups in total. The van der Waals surface area contributed by atoms with E-state index in [-0.39, 0.29) is 18.4 Å². The van der Waals surface area contributed by atoms with E-state index in [9.17, 15) is 9.90 Å². The molecule has 2 aromatic rings. The molecule has 0 saturated heterocycles. The normalized spacial score (nSPS) is 12.9. The summed E-state index contributed by atoms with van der Waals surface area (Å²) in [6, 6.07) is 7.46. The standard InChI is InChI=1S/C14H18N2O2/c1-9(2)13(17)8-16-14(18)11-4-3-10-5-6-15-12(10)7-11/h3-7,9,13,15,17H,8H2,1-2H3,(H,16,18)/t13-/m0/s1. The lowest BCUT2D eigenvalue weighted by Gasteiger charge is -2.15. The Labute approximate surface area is 106 Å². The molecular formula is C14H18N2O2. The first-order valence-corrected chi connectivity index (χ1v) is 6.11. The fourth-order valence-electron chi connectivity index (χ4n) is 1.72. The van der Waals surface area contributed by atoms with Gasteiger partial charge < -0.3 is 15.4 Å². The minimum atomic E-state index is -0.511. The number of benzene rings is 1. The smallest absolute Gasteiger partial charge is 0.251 e. The van der Waals surface area contributed by atoms with Crippen molar-refractivity contribution in [1.82, 2.24) is 10.3 Å². The highest BCUT2D eigenvalue weighted by atomic mass is 16.3. The zero-order valence-electron chi connectivity index (χ0n) is 10.6. The number of aliphatic hydroxyl groups excluding tert-OH is 1. The van der Waals surface area contributed by atoms with Gasteiger partial charge in [0, 0.05) is 23.8 Å². The number of aromatic nitrogens is 1. The highest BCUT2D eigenvalue weighted by Gasteiger charge is 2.12. The molecule has 1 aromatic heterocycles. The largest absolute Gasteiger partial charge is 0.391 e. The van der Waals surface area contributed by atoms with Gasteiger partial charge in [0.25, 0.3) is 5.91 Å². The van der Waals surface area contributed by atoms with Crippen LogP contribution < -0.4 is 5.32 Å². The van der Waals surface area contributed by atoms with Crippen molar-refractivity contribution in [3.8, 4) is 0 Å². The Hall–Kier alpha value is -1.81. The molecule has 2 rings (SSSR count). The zero-order valence-corrected chi connectivity index (χ0v) is 10.6. The summed E-state index contributed by atoms with van der Waals surface area (Å²) in [5.41, 5.74) is 1.54. The summed E-state index contributed by atoms with van der Waals surface area (Å²) < 4.78 is 0. The number of hydrogen-bond acceptors (Lipinski definition) is 2. The van der Waals surface area contributed by atoms with E-state index in [0.717, 1.165) is 10.9 Å². The van der Waals surface area contributed by atoms with Crippen LogP contribution in [0.5, 0.6) is 0 Å². The monoisotopic (exact) mass is 246 g/mol. The molecule has 1 heterocycles. The van der Waals surface area contributed by atoms with Crippen molar-refractivity contribution in [3.63, 3.8) is 0 Å². The van der Waals surface area contributed by atoms with Crippen LogP contribution >= 0.6 is 0 Å². The van der Waals surface area contributed by atoms with Gasteiger partial charge in [-0.2, -0.15) is 0 Å². The van der Waals surface area contributed by atoms with Crippen LogP contribution in [-0.2, 0) is 0 Å². The van der Waals surface area contributed by atoms with E-state index in [1.807, 2.05) is 38.2 Å². The summed E-state index contributed by atoms with van der Waals surface area (Å²) in [5.74, 6) is -0.0256. The Morgan fingerprint density at radius 1 is 1.39 bits per heavy atom. The first-order chi connectivity index (χ1) is 8.58. The average Bonchev–Trinajstić information content (AvgIpc) is 2.82. The molecule has 4 nitrogen and oxygen atoms in total. The van der Waals surface area contributed by atoms with E-state index in [1.165, 1.54) is 0 Å². The maximum absolute atomic E-state index is 11.9. The van der Waals surface area contributed by atoms with Gasteiger partial charge in [-0.1, -0.05) is 19.9 Å². The van der Waals surface area contributed by atoms with Gasteiger partial charge in [0.1, 0.15) is 0 Å². The van der Waals surface area contributed by atoms with E-state index >= 15 is 0 Å². The molecule has 1 amide bonds. The van der Waals surface area contributed by atoms with Gasteiger partial charge in [0.2, 0.25) is 0 Å². The first kappa shape index (κ1) is 12.6. The maximum atomic E-state index is 11.9. The topological polar surface area (TPSA) is 65.1 Å². The number of nitrogens with one attached hydrogen (secondary N) is 2. The number of aliphatic hydroxyl groups is 1. The van der Waals surface area contributed by atoms with Crippen molar-refractivity contribution in [1.29, 1.82) is 0 Å². The maximum Gasteiger partial charge on any atom is 0.251 e. The molecule has 0 radical (unpaired) electrons. The summed E-state index contributed by atoms with van der Waals surface area (Å²) in [6.07, 6.45) is 1.33. The Balaban J connectivity index is 2.04. The predicted molar refractivity (Wildman–Crippen MR) is 71.5 cm³/mol. The SMILES string of the molecule is CC(C)[C@@H](O)CNC(=O)c1ccc2cc[nH]c2c1. The molecule has 1 atom stereocenters. The van der Waals surface area contributed by atoms with Crippen molar-refractivity contribution in [2.24, 2.45) is 5.92 Å². The number of amides is 1. The number of H-pyrrole nitrogens is 1. The van der Waals surface area contributed by atoms with E-state index in [2.05, 4.69) is 10.3 Å². The van der Waals surface area contributed by atoms with Gasteiger partial charge in [-0.3, -0.25) is 4.79 Å². The Kier molecular flexibility index (Phi) is 3.67. The van der Waals surface area contributed by atoms with Crippen LogP contribution in [0, 0.1) is 5.92 Å². The number of hydrogen-bond donors (Lipinski definition) is 3. The molecular weight excluding hydrogens is 228 g/mol. The Morgan fingerprint density at radius 3 is 2.89 bits per heavy atom. The summed E-state index contributed by atoms with van der Waals surface area (Å²) in [5, 5.41) is 13.5. The highest BCUT2D eigenvalue weighted by molar-refractivity contribution is 5.97. The predicted octanol–water partition coefficient (Wildman–Crippen LogP) is 1.91. The summed E-state index contributed by atoms with van der Waals surface area (Å²) in [6.45, 7) is 4.11. The Bertz CT molecular complexity index is 545. The lowest BCUT2D eigenvalue weighted by molar-refractivity contribution is 0.0871. The molecule has 96 valence electrons. The van der Waals surface area contributed by atoms with Crippen molar-refractivity contribution in [3.05, 3.63) is 36.0 Å². The van der Waals surface area contributed by atoms with Crippen molar-refractivity contribution in [2.45, 2.75) is 20.0 Å². The zero-order chi connectivity index (χ0) is 13.1. The van der Waals surface area contributed by atoms with E-state index in [1.54, 1.807) is 6.07 Å². The van der Waals surface area contributed by atoms with E-state index in [0.29, 0.717) is 5.56 Å². The molecule has 0 aliphatic rings. The molecule has 1 aromatic carbocycles. The molecule has 18 heavy (non-hydrogen) atoms. The van der Waals surface area contributed by atoms with Crippen molar-refractivity contribution >= 4 is 16.8 Å². The molecule has 0 saturated carbocycles. The quantitative estimate of drug-likeness (QED) is 0.771. The highest BCUT2D eigenvalue weighted by Crippen LogP contribution is 2.14. The second-order valence-electron chi connectivity index (χ2n) is 4.80. The third-order valence-corrected chi connectivity index (χ3v) is 3.06. The number of fused-ring (bicyclic) bond motifs is 1. The van der Waals surface area contributed by atoms with Crippen LogP contribution in [0.3, 0.4) is 0 Å². The van der Waals surface area contributed by atoms with E-state index in [4.69, 9.17) is 0 Å². The number of rotatable bonds is 4. The molecule has 4 heteroatoms. The summed E-state index contributed by atoms with van der Waals surface area (Å²) >= 11 is 0. The van der Waals surface area contributed by atoms with Crippen molar-refractivity contribution in [2.75, 3.05) is 6.54 Å². The van der Waals surface area contributed by atoms with Crippen molar-refractivity contribution < 1.29 is 9.90 Å². The number of carbonyl (C=O) groups excluding carboxylic acids is 1. The minimum absolute atomic E-state index is 0.135. The third kappa shape index (κ3) is 2.71. The van der Waals surface area contributed by atoms with Gasteiger partial charge >= 0.3 is 0 Å². The lowest BCUT2D eigenvalue weighted by Crippen LogP contribution is -2.34. The van der Waals surface area contributed by atoms with Gasteiger partial charge in [-0.25, -0.2) is 0 Å². The third-order valence-electron chi connectivity index (χ3n) is 3.06. The molecule has 0 fully saturated rings. The molecule has 0 aliphatic heterocycles. The Morgan fingerprint density at radius 2 is 2.17 bits per heavy atom. The lowest BCUT2D eigenvalue weighted by atomic mass is 10.1. The van der Waals surface area contributed by atoms with Crippen LogP contribution in [0.4, 0.5) is 0 Å². The molecule has 0 aliphatic carbocycles. The number of aromatic amines is 1. The second-order valence-corrected chi connectivity index (χ2v) is 4.80. The van der Waals surface area contributed by atoms with Crippen LogP contribution in [0.25, 0.3) is 10.9 Å². The second kappa shape index (κ2) is 5.23. The number of carbonyl (C=O) groups is 1. The average molecular weight is 246 g/mol. The van der Waals surface area contributed by atoms with Crippen LogP contribution in [0.1, 0.15) is 24.2 Å². The fourth-order valence-corrected chi connectivity index (χ4v) is 1.72. The van der Waals surface area contributed by atoms with Crippen LogP contribution in [0.15, 0.2) is 30.5 Å². The summed E-state index contributed by atoms with van der Waals surface area (Å²) in [4.78, 5) is 15.0. The minimum Gasteiger partial charge on any atom is -0.391 e.